The van der Waals surface area contributed by atoms with E-state index in [4.69, 9.17) is 11.6 Å². The van der Waals surface area contributed by atoms with Crippen molar-refractivity contribution in [3.63, 3.8) is 0 Å². The van der Waals surface area contributed by atoms with Gasteiger partial charge in [-0.05, 0) is 13.0 Å². The first-order valence-electron chi connectivity index (χ1n) is 5.73. The van der Waals surface area contributed by atoms with Gasteiger partial charge >= 0.3 is 0 Å². The minimum Gasteiger partial charge on any atom is -0.148 e. The van der Waals surface area contributed by atoms with Gasteiger partial charge in [0.1, 0.15) is 5.69 Å². The molecular formula is C15H11ClN2. The number of halogens is 1. The standard InChI is InChI=1S/C15H11ClN2/c1-10-5-4-6-11(9-10)14-12-7-2-3-8-13(12)15(16)18-17-14/h2-9H,1H3. The highest BCUT2D eigenvalue weighted by atomic mass is 35.5. The lowest BCUT2D eigenvalue weighted by Crippen LogP contribution is -1.91. The first kappa shape index (κ1) is 11.2. The minimum atomic E-state index is 0.446. The summed E-state index contributed by atoms with van der Waals surface area (Å²) in [7, 11) is 0. The molecule has 0 bridgehead atoms. The van der Waals surface area contributed by atoms with E-state index in [1.165, 1.54) is 5.56 Å². The van der Waals surface area contributed by atoms with Gasteiger partial charge in [0.25, 0.3) is 0 Å². The molecule has 88 valence electrons. The molecule has 0 saturated carbocycles. The normalized spacial score (nSPS) is 10.8. The van der Waals surface area contributed by atoms with Crippen LogP contribution < -0.4 is 0 Å². The Morgan fingerprint density at radius 1 is 0.889 bits per heavy atom. The Morgan fingerprint density at radius 2 is 1.67 bits per heavy atom. The average molecular weight is 255 g/mol. The van der Waals surface area contributed by atoms with Crippen LogP contribution in [-0.2, 0) is 0 Å². The lowest BCUT2D eigenvalue weighted by molar-refractivity contribution is 1.06. The number of aryl methyl sites for hydroxylation is 1. The fourth-order valence-electron chi connectivity index (χ4n) is 2.08. The summed E-state index contributed by atoms with van der Waals surface area (Å²) in [5, 5.41) is 10.7. The van der Waals surface area contributed by atoms with E-state index in [-0.39, 0.29) is 0 Å². The molecule has 0 aliphatic rings. The molecule has 0 N–H and O–H groups in total. The number of fused-ring (bicyclic) bond motifs is 1. The molecule has 1 aromatic heterocycles. The molecule has 3 heteroatoms. The molecule has 0 spiro atoms. The molecule has 18 heavy (non-hydrogen) atoms. The summed E-state index contributed by atoms with van der Waals surface area (Å²) in [4.78, 5) is 0. The Morgan fingerprint density at radius 3 is 2.44 bits per heavy atom. The van der Waals surface area contributed by atoms with Crippen LogP contribution in [0.1, 0.15) is 5.56 Å². The molecule has 0 atom stereocenters. The van der Waals surface area contributed by atoms with E-state index in [9.17, 15) is 0 Å². The molecular weight excluding hydrogens is 244 g/mol. The van der Waals surface area contributed by atoms with Crippen molar-refractivity contribution >= 4 is 22.4 Å². The van der Waals surface area contributed by atoms with Crippen LogP contribution in [0.4, 0.5) is 0 Å². The molecule has 0 amide bonds. The van der Waals surface area contributed by atoms with Crippen molar-refractivity contribution in [1.82, 2.24) is 10.2 Å². The fourth-order valence-corrected chi connectivity index (χ4v) is 2.28. The molecule has 0 fully saturated rings. The number of nitrogens with zero attached hydrogens (tertiary/aromatic N) is 2. The van der Waals surface area contributed by atoms with Crippen LogP contribution in [0.15, 0.2) is 48.5 Å². The maximum Gasteiger partial charge on any atom is 0.159 e. The summed E-state index contributed by atoms with van der Waals surface area (Å²) in [5.41, 5.74) is 3.14. The van der Waals surface area contributed by atoms with Crippen LogP contribution in [0, 0.1) is 6.92 Å². The third-order valence-corrected chi connectivity index (χ3v) is 3.21. The zero-order chi connectivity index (χ0) is 12.5. The van der Waals surface area contributed by atoms with E-state index in [0.717, 1.165) is 22.0 Å². The summed E-state index contributed by atoms with van der Waals surface area (Å²) in [6, 6.07) is 16.2. The van der Waals surface area contributed by atoms with Crippen LogP contribution in [-0.4, -0.2) is 10.2 Å². The Balaban J connectivity index is 2.33. The van der Waals surface area contributed by atoms with Crippen molar-refractivity contribution in [1.29, 1.82) is 0 Å². The van der Waals surface area contributed by atoms with Gasteiger partial charge in [-0.25, -0.2) is 0 Å². The summed E-state index contributed by atoms with van der Waals surface area (Å²) in [6.07, 6.45) is 0. The molecule has 0 saturated heterocycles. The predicted octanol–water partition coefficient (Wildman–Crippen LogP) is 4.26. The van der Waals surface area contributed by atoms with Crippen molar-refractivity contribution in [3.05, 3.63) is 59.2 Å². The Hall–Kier alpha value is -1.93. The fraction of sp³-hybridized carbons (Fsp3) is 0.0667. The van der Waals surface area contributed by atoms with Gasteiger partial charge in [-0.2, -0.15) is 0 Å². The van der Waals surface area contributed by atoms with Gasteiger partial charge < -0.3 is 0 Å². The minimum absolute atomic E-state index is 0.446. The van der Waals surface area contributed by atoms with Gasteiger partial charge in [0.05, 0.1) is 0 Å². The summed E-state index contributed by atoms with van der Waals surface area (Å²) in [6.45, 7) is 2.06. The predicted molar refractivity (Wildman–Crippen MR) is 74.7 cm³/mol. The van der Waals surface area contributed by atoms with Gasteiger partial charge in [-0.15, -0.1) is 10.2 Å². The van der Waals surface area contributed by atoms with E-state index in [0.29, 0.717) is 5.15 Å². The molecule has 3 aromatic rings. The number of benzene rings is 2. The second-order valence-electron chi connectivity index (χ2n) is 4.25. The van der Waals surface area contributed by atoms with Crippen LogP contribution >= 0.6 is 11.6 Å². The molecule has 1 heterocycles. The average Bonchev–Trinajstić information content (AvgIpc) is 2.39. The lowest BCUT2D eigenvalue weighted by atomic mass is 10.0. The number of hydrogen-bond acceptors (Lipinski definition) is 2. The largest absolute Gasteiger partial charge is 0.159 e. The van der Waals surface area contributed by atoms with Gasteiger partial charge in [0.15, 0.2) is 5.15 Å². The summed E-state index contributed by atoms with van der Waals surface area (Å²) in [5.74, 6) is 0. The van der Waals surface area contributed by atoms with Crippen molar-refractivity contribution in [2.24, 2.45) is 0 Å². The molecule has 2 nitrogen and oxygen atoms in total. The van der Waals surface area contributed by atoms with Crippen LogP contribution in [0.2, 0.25) is 5.15 Å². The number of hydrogen-bond donors (Lipinski definition) is 0. The third kappa shape index (κ3) is 1.85. The van der Waals surface area contributed by atoms with E-state index in [2.05, 4.69) is 29.3 Å². The maximum absolute atomic E-state index is 6.07. The molecule has 0 radical (unpaired) electrons. The van der Waals surface area contributed by atoms with E-state index in [1.54, 1.807) is 0 Å². The maximum atomic E-state index is 6.07. The lowest BCUT2D eigenvalue weighted by Gasteiger charge is -2.06. The van der Waals surface area contributed by atoms with Gasteiger partial charge in [0, 0.05) is 16.3 Å². The molecule has 3 rings (SSSR count). The van der Waals surface area contributed by atoms with Gasteiger partial charge in [0.2, 0.25) is 0 Å². The topological polar surface area (TPSA) is 25.8 Å². The zero-order valence-electron chi connectivity index (χ0n) is 9.89. The molecule has 0 aliphatic heterocycles. The molecule has 0 unspecified atom stereocenters. The quantitative estimate of drug-likeness (QED) is 0.648. The second kappa shape index (κ2) is 4.39. The molecule has 0 aliphatic carbocycles. The smallest absolute Gasteiger partial charge is 0.148 e. The van der Waals surface area contributed by atoms with E-state index >= 15 is 0 Å². The van der Waals surface area contributed by atoms with Crippen LogP contribution in [0.25, 0.3) is 22.0 Å². The van der Waals surface area contributed by atoms with Crippen molar-refractivity contribution in [2.45, 2.75) is 6.92 Å². The first-order valence-corrected chi connectivity index (χ1v) is 6.11. The summed E-state index contributed by atoms with van der Waals surface area (Å²) < 4.78 is 0. The Kier molecular flexibility index (Phi) is 2.73. The van der Waals surface area contributed by atoms with Crippen molar-refractivity contribution < 1.29 is 0 Å². The highest BCUT2D eigenvalue weighted by Crippen LogP contribution is 2.29. The highest BCUT2D eigenvalue weighted by Gasteiger charge is 2.09. The second-order valence-corrected chi connectivity index (χ2v) is 4.61. The van der Waals surface area contributed by atoms with Gasteiger partial charge in [-0.1, -0.05) is 59.6 Å². The van der Waals surface area contributed by atoms with E-state index < -0.39 is 0 Å². The monoisotopic (exact) mass is 254 g/mol. The summed E-state index contributed by atoms with van der Waals surface area (Å²) >= 11 is 6.07. The Labute approximate surface area is 110 Å². The third-order valence-electron chi connectivity index (χ3n) is 2.93. The number of aromatic nitrogens is 2. The highest BCUT2D eigenvalue weighted by molar-refractivity contribution is 6.34. The van der Waals surface area contributed by atoms with Crippen molar-refractivity contribution in [2.75, 3.05) is 0 Å². The van der Waals surface area contributed by atoms with Crippen LogP contribution in [0.5, 0.6) is 0 Å². The number of rotatable bonds is 1. The van der Waals surface area contributed by atoms with Crippen LogP contribution in [0.3, 0.4) is 0 Å². The SMILES string of the molecule is Cc1cccc(-c2nnc(Cl)c3ccccc23)c1. The van der Waals surface area contributed by atoms with E-state index in [1.807, 2.05) is 36.4 Å². The Bertz CT molecular complexity index is 723. The first-order chi connectivity index (χ1) is 8.75. The van der Waals surface area contributed by atoms with Gasteiger partial charge in [-0.3, -0.25) is 0 Å². The molecule has 2 aromatic carbocycles. The zero-order valence-corrected chi connectivity index (χ0v) is 10.6. The van der Waals surface area contributed by atoms with Crippen molar-refractivity contribution in [3.8, 4) is 11.3 Å².